The highest BCUT2D eigenvalue weighted by Crippen LogP contribution is 2.40. The average molecular weight is 333 g/mol. The lowest BCUT2D eigenvalue weighted by Gasteiger charge is -2.34. The Morgan fingerprint density at radius 3 is 2.71 bits per heavy atom. The molecule has 1 aliphatic carbocycles. The summed E-state index contributed by atoms with van der Waals surface area (Å²) in [4.78, 5) is 14.6. The van der Waals surface area contributed by atoms with Crippen LogP contribution in [0.3, 0.4) is 0 Å². The van der Waals surface area contributed by atoms with Gasteiger partial charge in [-0.2, -0.15) is 0 Å². The largest absolute Gasteiger partial charge is 0.354 e. The van der Waals surface area contributed by atoms with Crippen LogP contribution in [0, 0.1) is 5.82 Å². The Hall–Kier alpha value is -1.46. The van der Waals surface area contributed by atoms with E-state index in [1.54, 1.807) is 0 Å². The van der Waals surface area contributed by atoms with Crippen LogP contribution in [0.25, 0.3) is 0 Å². The van der Waals surface area contributed by atoms with Crippen molar-refractivity contribution >= 4 is 5.91 Å². The lowest BCUT2D eigenvalue weighted by molar-refractivity contribution is -0.123. The Morgan fingerprint density at radius 2 is 2.04 bits per heavy atom. The van der Waals surface area contributed by atoms with Crippen molar-refractivity contribution in [1.29, 1.82) is 0 Å². The van der Waals surface area contributed by atoms with E-state index in [0.29, 0.717) is 19.1 Å². The van der Waals surface area contributed by atoms with Crippen molar-refractivity contribution in [2.75, 3.05) is 32.7 Å². The molecule has 4 nitrogen and oxygen atoms in total. The number of hydrogen-bond donors (Lipinski definition) is 2. The molecular formula is C19H28FN3O. The Balaban J connectivity index is 1.60. The molecular weight excluding hydrogens is 305 g/mol. The van der Waals surface area contributed by atoms with Crippen LogP contribution >= 0.6 is 0 Å². The fourth-order valence-electron chi connectivity index (χ4n) is 4.05. The standard InChI is InChI=1S/C19H28FN3O/c1-15-12-21-10-11-23(15)13-18(24)22-14-19(8-2-3-9-19)16-4-6-17(20)7-5-16/h4-7,15,21H,2-3,8-14H2,1H3,(H,22,24)/t15-/m0/s1. The molecule has 1 atom stereocenters. The number of benzene rings is 1. The van der Waals surface area contributed by atoms with Crippen LogP contribution in [-0.4, -0.2) is 49.6 Å². The van der Waals surface area contributed by atoms with Crippen molar-refractivity contribution in [2.24, 2.45) is 0 Å². The summed E-state index contributed by atoms with van der Waals surface area (Å²) in [6, 6.07) is 7.21. The highest BCUT2D eigenvalue weighted by molar-refractivity contribution is 5.78. The van der Waals surface area contributed by atoms with Crippen molar-refractivity contribution in [2.45, 2.75) is 44.1 Å². The Morgan fingerprint density at radius 1 is 1.33 bits per heavy atom. The van der Waals surface area contributed by atoms with Crippen molar-refractivity contribution in [1.82, 2.24) is 15.5 Å². The lowest BCUT2D eigenvalue weighted by Crippen LogP contribution is -2.53. The molecule has 1 aromatic rings. The van der Waals surface area contributed by atoms with Gasteiger partial charge in [0.1, 0.15) is 5.82 Å². The van der Waals surface area contributed by atoms with Crippen LogP contribution in [0.2, 0.25) is 0 Å². The second-order valence-corrected chi connectivity index (χ2v) is 7.29. The minimum Gasteiger partial charge on any atom is -0.354 e. The minimum absolute atomic E-state index is 0.0293. The summed E-state index contributed by atoms with van der Waals surface area (Å²) >= 11 is 0. The number of rotatable bonds is 5. The summed E-state index contributed by atoms with van der Waals surface area (Å²) in [5.74, 6) is -0.110. The average Bonchev–Trinajstić information content (AvgIpc) is 3.06. The Bertz CT molecular complexity index is 554. The Kier molecular flexibility index (Phi) is 5.51. The van der Waals surface area contributed by atoms with Gasteiger partial charge in [0, 0.05) is 37.6 Å². The minimum atomic E-state index is -0.205. The van der Waals surface area contributed by atoms with Crippen LogP contribution < -0.4 is 10.6 Å². The van der Waals surface area contributed by atoms with E-state index >= 15 is 0 Å². The number of halogens is 1. The van der Waals surface area contributed by atoms with Gasteiger partial charge in [-0.3, -0.25) is 9.69 Å². The third-order valence-electron chi connectivity index (χ3n) is 5.63. The molecule has 0 spiro atoms. The molecule has 0 radical (unpaired) electrons. The maximum absolute atomic E-state index is 13.2. The predicted molar refractivity (Wildman–Crippen MR) is 93.5 cm³/mol. The first-order valence-corrected chi connectivity index (χ1v) is 9.07. The first kappa shape index (κ1) is 17.4. The van der Waals surface area contributed by atoms with E-state index in [1.807, 2.05) is 12.1 Å². The van der Waals surface area contributed by atoms with E-state index in [0.717, 1.165) is 38.0 Å². The summed E-state index contributed by atoms with van der Waals surface area (Å²) in [6.45, 7) is 6.05. The SMILES string of the molecule is C[C@H]1CNCCN1CC(=O)NCC1(c2ccc(F)cc2)CCCC1. The normalized spacial score (nSPS) is 24.0. The monoisotopic (exact) mass is 333 g/mol. The van der Waals surface area contributed by atoms with Crippen molar-refractivity contribution in [3.8, 4) is 0 Å². The lowest BCUT2D eigenvalue weighted by atomic mass is 9.79. The molecule has 2 aliphatic rings. The summed E-state index contributed by atoms with van der Waals surface area (Å²) in [5, 5.41) is 6.49. The number of amides is 1. The first-order valence-electron chi connectivity index (χ1n) is 9.07. The van der Waals surface area contributed by atoms with Gasteiger partial charge in [0.25, 0.3) is 0 Å². The van der Waals surface area contributed by atoms with Gasteiger partial charge in [-0.05, 0) is 37.5 Å². The van der Waals surface area contributed by atoms with E-state index in [2.05, 4.69) is 22.5 Å². The molecule has 1 aliphatic heterocycles. The third-order valence-corrected chi connectivity index (χ3v) is 5.63. The molecule has 1 amide bonds. The number of piperazine rings is 1. The van der Waals surface area contributed by atoms with Gasteiger partial charge in [-0.15, -0.1) is 0 Å². The molecule has 1 heterocycles. The fourth-order valence-corrected chi connectivity index (χ4v) is 4.05. The van der Waals surface area contributed by atoms with E-state index in [4.69, 9.17) is 0 Å². The second-order valence-electron chi connectivity index (χ2n) is 7.29. The molecule has 132 valence electrons. The van der Waals surface area contributed by atoms with E-state index in [1.165, 1.54) is 25.0 Å². The number of carbonyl (C=O) groups is 1. The summed E-state index contributed by atoms with van der Waals surface area (Å²) in [6.07, 6.45) is 4.45. The molecule has 2 N–H and O–H groups in total. The van der Waals surface area contributed by atoms with Crippen molar-refractivity contribution in [3.63, 3.8) is 0 Å². The zero-order valence-electron chi connectivity index (χ0n) is 14.5. The molecule has 0 unspecified atom stereocenters. The van der Waals surface area contributed by atoms with Crippen LogP contribution in [0.5, 0.6) is 0 Å². The van der Waals surface area contributed by atoms with E-state index in [-0.39, 0.29) is 17.1 Å². The zero-order valence-corrected chi connectivity index (χ0v) is 14.5. The van der Waals surface area contributed by atoms with Gasteiger partial charge in [0.2, 0.25) is 5.91 Å². The van der Waals surface area contributed by atoms with Gasteiger partial charge in [0.15, 0.2) is 0 Å². The van der Waals surface area contributed by atoms with Gasteiger partial charge in [-0.25, -0.2) is 4.39 Å². The quantitative estimate of drug-likeness (QED) is 0.867. The van der Waals surface area contributed by atoms with Crippen LogP contribution in [0.1, 0.15) is 38.2 Å². The van der Waals surface area contributed by atoms with E-state index < -0.39 is 0 Å². The first-order chi connectivity index (χ1) is 11.6. The molecule has 0 aromatic heterocycles. The highest BCUT2D eigenvalue weighted by Gasteiger charge is 2.36. The number of nitrogens with zero attached hydrogens (tertiary/aromatic N) is 1. The highest BCUT2D eigenvalue weighted by atomic mass is 19.1. The molecule has 0 bridgehead atoms. The maximum Gasteiger partial charge on any atom is 0.234 e. The Labute approximate surface area is 143 Å². The maximum atomic E-state index is 13.2. The van der Waals surface area contributed by atoms with Gasteiger partial charge in [-0.1, -0.05) is 25.0 Å². The van der Waals surface area contributed by atoms with E-state index in [9.17, 15) is 9.18 Å². The fraction of sp³-hybridized carbons (Fsp3) is 0.632. The van der Waals surface area contributed by atoms with Crippen molar-refractivity contribution < 1.29 is 9.18 Å². The van der Waals surface area contributed by atoms with Gasteiger partial charge >= 0.3 is 0 Å². The zero-order chi connectivity index (χ0) is 17.0. The molecule has 3 rings (SSSR count). The molecule has 2 fully saturated rings. The topological polar surface area (TPSA) is 44.4 Å². The molecule has 24 heavy (non-hydrogen) atoms. The molecule has 5 heteroatoms. The number of hydrogen-bond acceptors (Lipinski definition) is 3. The molecule has 1 saturated heterocycles. The number of carbonyl (C=O) groups excluding carboxylic acids is 1. The molecule has 1 saturated carbocycles. The van der Waals surface area contributed by atoms with Gasteiger partial charge < -0.3 is 10.6 Å². The third kappa shape index (κ3) is 3.95. The summed E-state index contributed by atoms with van der Waals surface area (Å²) in [7, 11) is 0. The second kappa shape index (κ2) is 7.62. The predicted octanol–water partition coefficient (Wildman–Crippen LogP) is 2.05. The molecule has 1 aromatic carbocycles. The van der Waals surface area contributed by atoms with Crippen LogP contribution in [-0.2, 0) is 10.2 Å². The van der Waals surface area contributed by atoms with Gasteiger partial charge in [0.05, 0.1) is 6.54 Å². The van der Waals surface area contributed by atoms with Crippen LogP contribution in [0.15, 0.2) is 24.3 Å². The summed E-state index contributed by atoms with van der Waals surface area (Å²) < 4.78 is 13.2. The smallest absolute Gasteiger partial charge is 0.234 e. The number of nitrogens with one attached hydrogen (secondary N) is 2. The van der Waals surface area contributed by atoms with Crippen LogP contribution in [0.4, 0.5) is 4.39 Å². The summed E-state index contributed by atoms with van der Waals surface area (Å²) in [5.41, 5.74) is 1.12. The van der Waals surface area contributed by atoms with Crippen molar-refractivity contribution in [3.05, 3.63) is 35.6 Å².